The summed E-state index contributed by atoms with van der Waals surface area (Å²) in [5.41, 5.74) is -0.490. The summed E-state index contributed by atoms with van der Waals surface area (Å²) in [4.78, 5) is 24.9. The summed E-state index contributed by atoms with van der Waals surface area (Å²) in [6.45, 7) is 6.30. The van der Waals surface area contributed by atoms with Crippen molar-refractivity contribution in [1.82, 2.24) is 10.2 Å². The van der Waals surface area contributed by atoms with Gasteiger partial charge in [-0.05, 0) is 17.6 Å². The van der Waals surface area contributed by atoms with E-state index < -0.39 is 5.63 Å². The Morgan fingerprint density at radius 3 is 3.05 bits per heavy atom. The third-order valence-corrected chi connectivity index (χ3v) is 3.63. The zero-order valence-electron chi connectivity index (χ0n) is 12.7. The number of H-pyrrole nitrogens is 1. The Kier molecular flexibility index (Phi) is 5.55. The summed E-state index contributed by atoms with van der Waals surface area (Å²) in [7, 11) is 0. The van der Waals surface area contributed by atoms with Gasteiger partial charge in [-0.2, -0.15) is 0 Å². The van der Waals surface area contributed by atoms with Crippen molar-refractivity contribution in [2.24, 2.45) is 5.92 Å². The number of morpholine rings is 1. The molecule has 1 atom stereocenters. The fraction of sp³-hybridized carbons (Fsp3) is 0.786. The van der Waals surface area contributed by atoms with Crippen LogP contribution in [-0.4, -0.2) is 41.9 Å². The second-order valence-electron chi connectivity index (χ2n) is 5.93. The Morgan fingerprint density at radius 1 is 1.57 bits per heavy atom. The molecular formula is C14H24N3O4+. The Balaban J connectivity index is 1.79. The number of aromatic nitrogens is 2. The van der Waals surface area contributed by atoms with Crippen molar-refractivity contribution in [3.63, 3.8) is 0 Å². The lowest BCUT2D eigenvalue weighted by Gasteiger charge is -2.32. The molecule has 2 rings (SSSR count). The summed E-state index contributed by atoms with van der Waals surface area (Å²) in [5, 5.41) is 2.38. The topological polar surface area (TPSA) is 79.4 Å². The number of hydrogen-bond donors (Lipinski definition) is 1. The molecule has 0 aliphatic carbocycles. The standard InChI is InChI=1S/C14H23N3O4/c1-11(2)4-3-5-12-8-16(6-7-20-12)13(18)9-17-10-14(19)21-15-17/h10-12H,3-9H2,1-2H3/p+1/t12-/m1/s1. The van der Waals surface area contributed by atoms with Gasteiger partial charge in [-0.15, -0.1) is 0 Å². The summed E-state index contributed by atoms with van der Waals surface area (Å²) in [6, 6.07) is 0. The second-order valence-corrected chi connectivity index (χ2v) is 5.93. The van der Waals surface area contributed by atoms with Crippen LogP contribution in [0.3, 0.4) is 0 Å². The van der Waals surface area contributed by atoms with E-state index in [0.29, 0.717) is 25.6 Å². The van der Waals surface area contributed by atoms with Crippen LogP contribution in [0.1, 0.15) is 33.1 Å². The van der Waals surface area contributed by atoms with Crippen molar-refractivity contribution in [3.05, 3.63) is 16.6 Å². The lowest BCUT2D eigenvalue weighted by molar-refractivity contribution is -0.751. The first kappa shape index (κ1) is 15.8. The third-order valence-electron chi connectivity index (χ3n) is 3.63. The van der Waals surface area contributed by atoms with Crippen molar-refractivity contribution in [3.8, 4) is 0 Å². The molecule has 0 saturated carbocycles. The number of amides is 1. The number of nitrogens with zero attached hydrogens (tertiary/aromatic N) is 2. The summed E-state index contributed by atoms with van der Waals surface area (Å²) >= 11 is 0. The highest BCUT2D eigenvalue weighted by atomic mass is 16.5. The van der Waals surface area contributed by atoms with Crippen LogP contribution in [0.5, 0.6) is 0 Å². The largest absolute Gasteiger partial charge is 0.426 e. The van der Waals surface area contributed by atoms with Crippen molar-refractivity contribution in [1.29, 1.82) is 0 Å². The molecule has 0 radical (unpaired) electrons. The van der Waals surface area contributed by atoms with Crippen molar-refractivity contribution in [2.45, 2.75) is 45.8 Å². The normalized spacial score (nSPS) is 19.2. The number of carbonyl (C=O) groups is 1. The van der Waals surface area contributed by atoms with E-state index >= 15 is 0 Å². The molecular weight excluding hydrogens is 274 g/mol. The Hall–Kier alpha value is -1.63. The first-order valence-electron chi connectivity index (χ1n) is 7.52. The number of ether oxygens (including phenoxy) is 1. The Bertz CT molecular complexity index is 508. The average molecular weight is 298 g/mol. The molecule has 1 aromatic rings. The summed E-state index contributed by atoms with van der Waals surface area (Å²) in [5.74, 6) is 0.662. The Morgan fingerprint density at radius 2 is 2.38 bits per heavy atom. The molecule has 0 unspecified atom stereocenters. The zero-order valence-corrected chi connectivity index (χ0v) is 12.7. The first-order chi connectivity index (χ1) is 10.0. The van der Waals surface area contributed by atoms with Gasteiger partial charge in [0.1, 0.15) is 0 Å². The van der Waals surface area contributed by atoms with Crippen LogP contribution in [0.15, 0.2) is 15.5 Å². The Labute approximate surface area is 123 Å². The van der Waals surface area contributed by atoms with Crippen LogP contribution in [0.25, 0.3) is 0 Å². The minimum absolute atomic E-state index is 0.0331. The zero-order chi connectivity index (χ0) is 15.2. The van der Waals surface area contributed by atoms with Gasteiger partial charge in [-0.1, -0.05) is 31.4 Å². The van der Waals surface area contributed by atoms with E-state index in [9.17, 15) is 9.59 Å². The minimum atomic E-state index is -0.490. The molecule has 7 nitrogen and oxygen atoms in total. The molecule has 1 aliphatic rings. The smallest absolute Gasteiger partial charge is 0.375 e. The van der Waals surface area contributed by atoms with Gasteiger partial charge in [0.05, 0.1) is 12.7 Å². The molecule has 0 spiro atoms. The van der Waals surface area contributed by atoms with Crippen molar-refractivity contribution in [2.75, 3.05) is 19.7 Å². The third kappa shape index (κ3) is 5.00. The SMILES string of the molecule is CC(C)CCC[C@@H]1CN(C(=O)C[n+]2cc(=O)o[nH]2)CCO1. The van der Waals surface area contributed by atoms with Gasteiger partial charge in [-0.3, -0.25) is 9.32 Å². The van der Waals surface area contributed by atoms with Gasteiger partial charge in [-0.25, -0.2) is 4.79 Å². The van der Waals surface area contributed by atoms with Crippen molar-refractivity contribution < 1.29 is 18.7 Å². The van der Waals surface area contributed by atoms with Gasteiger partial charge in [0.25, 0.3) is 18.6 Å². The van der Waals surface area contributed by atoms with Crippen LogP contribution >= 0.6 is 0 Å². The molecule has 0 aromatic carbocycles. The number of rotatable bonds is 6. The number of hydrogen-bond acceptors (Lipinski definition) is 4. The molecule has 1 aromatic heterocycles. The highest BCUT2D eigenvalue weighted by Crippen LogP contribution is 2.14. The van der Waals surface area contributed by atoms with Crippen LogP contribution in [0.4, 0.5) is 0 Å². The fourth-order valence-electron chi connectivity index (χ4n) is 2.48. The number of aromatic amines is 1. The minimum Gasteiger partial charge on any atom is -0.375 e. The highest BCUT2D eigenvalue weighted by molar-refractivity contribution is 5.74. The molecule has 0 bridgehead atoms. The molecule has 1 amide bonds. The summed E-state index contributed by atoms with van der Waals surface area (Å²) < 4.78 is 11.6. The van der Waals surface area contributed by atoms with E-state index in [-0.39, 0.29) is 18.6 Å². The lowest BCUT2D eigenvalue weighted by atomic mass is 10.0. The summed E-state index contributed by atoms with van der Waals surface area (Å²) in [6.07, 6.45) is 4.64. The predicted molar refractivity (Wildman–Crippen MR) is 74.5 cm³/mol. The maximum Gasteiger partial charge on any atom is 0.426 e. The number of nitrogens with one attached hydrogen (secondary N) is 1. The van der Waals surface area contributed by atoms with Crippen molar-refractivity contribution >= 4 is 5.91 Å². The van der Waals surface area contributed by atoms with E-state index in [1.807, 2.05) is 0 Å². The molecule has 1 saturated heterocycles. The van der Waals surface area contributed by atoms with Crippen LogP contribution in [0, 0.1) is 5.92 Å². The van der Waals surface area contributed by atoms with E-state index in [0.717, 1.165) is 12.8 Å². The molecule has 118 valence electrons. The van der Waals surface area contributed by atoms with E-state index in [2.05, 4.69) is 23.6 Å². The van der Waals surface area contributed by atoms with Crippen LogP contribution < -0.4 is 10.3 Å². The van der Waals surface area contributed by atoms with E-state index in [4.69, 9.17) is 4.74 Å². The molecule has 1 aliphatic heterocycles. The van der Waals surface area contributed by atoms with Crippen LogP contribution in [-0.2, 0) is 16.1 Å². The van der Waals surface area contributed by atoms with Gasteiger partial charge >= 0.3 is 5.63 Å². The monoisotopic (exact) mass is 298 g/mol. The average Bonchev–Trinajstić information content (AvgIpc) is 2.84. The van der Waals surface area contributed by atoms with E-state index in [1.54, 1.807) is 4.90 Å². The quantitative estimate of drug-likeness (QED) is 0.767. The molecule has 1 fully saturated rings. The fourth-order valence-corrected chi connectivity index (χ4v) is 2.48. The molecule has 21 heavy (non-hydrogen) atoms. The van der Waals surface area contributed by atoms with E-state index in [1.165, 1.54) is 17.3 Å². The second kappa shape index (κ2) is 7.40. The molecule has 2 heterocycles. The highest BCUT2D eigenvalue weighted by Gasteiger charge is 2.26. The van der Waals surface area contributed by atoms with Crippen LogP contribution in [0.2, 0.25) is 0 Å². The lowest BCUT2D eigenvalue weighted by Crippen LogP contribution is -2.51. The molecule has 7 heteroatoms. The first-order valence-corrected chi connectivity index (χ1v) is 7.52. The molecule has 1 N–H and O–H groups in total. The van der Waals surface area contributed by atoms with Gasteiger partial charge in [0, 0.05) is 13.1 Å². The predicted octanol–water partition coefficient (Wildman–Crippen LogP) is 0.309. The van der Waals surface area contributed by atoms with Gasteiger partial charge < -0.3 is 9.64 Å². The number of carbonyl (C=O) groups excluding carboxylic acids is 1. The van der Waals surface area contributed by atoms with Gasteiger partial charge in [0.2, 0.25) is 0 Å². The maximum absolute atomic E-state index is 12.2. The van der Waals surface area contributed by atoms with Gasteiger partial charge in [0.15, 0.2) is 0 Å². The maximum atomic E-state index is 12.2.